The average Bonchev–Trinajstić information content (AvgIpc) is 2.87. The predicted octanol–water partition coefficient (Wildman–Crippen LogP) is 4.33. The SMILES string of the molecule is C#C[C@@]1(O)CC[C@H]2[C@@H]3CC[C@@H]4C[C@@H](OC(C)=O)CC[C@]4(C)[C@H]3CC[C@@]21C. The largest absolute Gasteiger partial charge is 0.463 e. The Morgan fingerprint density at radius 1 is 1.08 bits per heavy atom. The van der Waals surface area contributed by atoms with Gasteiger partial charge in [0.15, 0.2) is 0 Å². The van der Waals surface area contributed by atoms with Crippen LogP contribution in [0.5, 0.6) is 0 Å². The van der Waals surface area contributed by atoms with Gasteiger partial charge >= 0.3 is 5.97 Å². The lowest BCUT2D eigenvalue weighted by atomic mass is 9.44. The summed E-state index contributed by atoms with van der Waals surface area (Å²) < 4.78 is 5.55. The number of carbonyl (C=O) groups is 1. The van der Waals surface area contributed by atoms with E-state index in [1.54, 1.807) is 0 Å². The van der Waals surface area contributed by atoms with E-state index in [-0.39, 0.29) is 17.5 Å². The highest BCUT2D eigenvalue weighted by Gasteiger charge is 2.64. The monoisotopic (exact) mass is 358 g/mol. The molecule has 144 valence electrons. The van der Waals surface area contributed by atoms with Crippen LogP contribution in [0.2, 0.25) is 0 Å². The maximum atomic E-state index is 11.4. The Morgan fingerprint density at radius 3 is 2.50 bits per heavy atom. The zero-order valence-electron chi connectivity index (χ0n) is 16.6. The first-order valence-electron chi connectivity index (χ1n) is 10.6. The molecule has 3 heteroatoms. The Balaban J connectivity index is 1.56. The molecule has 4 rings (SSSR count). The van der Waals surface area contributed by atoms with Crippen LogP contribution < -0.4 is 0 Å². The van der Waals surface area contributed by atoms with Crippen LogP contribution >= 0.6 is 0 Å². The minimum absolute atomic E-state index is 0.110. The minimum atomic E-state index is -0.909. The van der Waals surface area contributed by atoms with Crippen LogP contribution in [0.25, 0.3) is 0 Å². The Kier molecular flexibility index (Phi) is 4.23. The van der Waals surface area contributed by atoms with E-state index in [1.165, 1.54) is 32.6 Å². The summed E-state index contributed by atoms with van der Waals surface area (Å²) in [7, 11) is 0. The fourth-order valence-corrected chi connectivity index (χ4v) is 7.81. The molecule has 4 aliphatic carbocycles. The van der Waals surface area contributed by atoms with Crippen LogP contribution in [-0.2, 0) is 9.53 Å². The van der Waals surface area contributed by atoms with Gasteiger partial charge in [-0.05, 0) is 86.9 Å². The average molecular weight is 359 g/mol. The summed E-state index contributed by atoms with van der Waals surface area (Å²) in [5.74, 6) is 5.29. The van der Waals surface area contributed by atoms with E-state index in [9.17, 15) is 9.90 Å². The zero-order chi connectivity index (χ0) is 18.7. The number of carbonyl (C=O) groups excluding carboxylic acids is 1. The summed E-state index contributed by atoms with van der Waals surface area (Å²) in [6, 6.07) is 0. The first-order valence-corrected chi connectivity index (χ1v) is 10.6. The van der Waals surface area contributed by atoms with E-state index in [1.807, 2.05) is 0 Å². The van der Waals surface area contributed by atoms with Gasteiger partial charge in [0.25, 0.3) is 0 Å². The van der Waals surface area contributed by atoms with Gasteiger partial charge in [-0.2, -0.15) is 0 Å². The van der Waals surface area contributed by atoms with Gasteiger partial charge in [0.2, 0.25) is 0 Å². The molecule has 0 bridgehead atoms. The van der Waals surface area contributed by atoms with Gasteiger partial charge in [-0.1, -0.05) is 19.8 Å². The summed E-state index contributed by atoms with van der Waals surface area (Å²) in [6.45, 7) is 6.29. The molecule has 0 heterocycles. The molecule has 3 nitrogen and oxygen atoms in total. The molecule has 0 saturated heterocycles. The van der Waals surface area contributed by atoms with Gasteiger partial charge in [-0.15, -0.1) is 6.42 Å². The second kappa shape index (κ2) is 5.99. The molecule has 4 aliphatic rings. The lowest BCUT2D eigenvalue weighted by molar-refractivity contribution is -0.163. The highest BCUT2D eigenvalue weighted by Crippen LogP contribution is 2.68. The Morgan fingerprint density at radius 2 is 1.81 bits per heavy atom. The predicted molar refractivity (Wildman–Crippen MR) is 101 cm³/mol. The molecular weight excluding hydrogens is 324 g/mol. The van der Waals surface area contributed by atoms with E-state index in [4.69, 9.17) is 11.2 Å². The standard InChI is InChI=1S/C23H34O3/c1-5-23(25)13-10-20-18-7-6-16-14-17(26-15(2)24)8-11-21(16,3)19(18)9-12-22(20,23)4/h1,16-20,25H,6-14H2,2-4H3/t16-,17+,18-,19+,20+,21+,22+,23-/m1/s1. The number of aliphatic hydroxyl groups is 1. The first kappa shape index (κ1) is 18.4. The van der Waals surface area contributed by atoms with Gasteiger partial charge in [0, 0.05) is 12.3 Å². The molecule has 4 fully saturated rings. The molecule has 0 spiro atoms. The van der Waals surface area contributed by atoms with Gasteiger partial charge in [0.1, 0.15) is 11.7 Å². The van der Waals surface area contributed by atoms with Crippen molar-refractivity contribution in [2.24, 2.45) is 34.5 Å². The Labute approximate surface area is 158 Å². The number of hydrogen-bond acceptors (Lipinski definition) is 3. The number of fused-ring (bicyclic) bond motifs is 5. The second-order valence-electron chi connectivity index (χ2n) is 10.2. The van der Waals surface area contributed by atoms with Crippen molar-refractivity contribution >= 4 is 5.97 Å². The van der Waals surface area contributed by atoms with E-state index < -0.39 is 5.60 Å². The third-order valence-electron chi connectivity index (χ3n) is 9.34. The molecule has 8 atom stereocenters. The third kappa shape index (κ3) is 2.40. The van der Waals surface area contributed by atoms with Crippen molar-refractivity contribution in [1.29, 1.82) is 0 Å². The molecule has 0 amide bonds. The van der Waals surface area contributed by atoms with E-state index in [2.05, 4.69) is 19.8 Å². The lowest BCUT2D eigenvalue weighted by Gasteiger charge is -2.61. The maximum Gasteiger partial charge on any atom is 0.302 e. The number of rotatable bonds is 1. The van der Waals surface area contributed by atoms with Crippen LogP contribution in [0.15, 0.2) is 0 Å². The highest BCUT2D eigenvalue weighted by molar-refractivity contribution is 5.66. The summed E-state index contributed by atoms with van der Waals surface area (Å²) >= 11 is 0. The zero-order valence-corrected chi connectivity index (χ0v) is 16.6. The van der Waals surface area contributed by atoms with Gasteiger partial charge in [-0.25, -0.2) is 0 Å². The van der Waals surface area contributed by atoms with Crippen molar-refractivity contribution in [3.05, 3.63) is 0 Å². The molecule has 0 unspecified atom stereocenters. The van der Waals surface area contributed by atoms with Crippen molar-refractivity contribution in [1.82, 2.24) is 0 Å². The van der Waals surface area contributed by atoms with Crippen LogP contribution in [0.3, 0.4) is 0 Å². The van der Waals surface area contributed by atoms with Crippen molar-refractivity contribution < 1.29 is 14.6 Å². The van der Waals surface area contributed by atoms with Crippen molar-refractivity contribution in [2.75, 3.05) is 0 Å². The van der Waals surface area contributed by atoms with Crippen molar-refractivity contribution in [3.63, 3.8) is 0 Å². The van der Waals surface area contributed by atoms with Crippen molar-refractivity contribution in [2.45, 2.75) is 90.3 Å². The molecule has 0 aromatic rings. The number of esters is 1. The lowest BCUT2D eigenvalue weighted by Crippen LogP contribution is -2.56. The van der Waals surface area contributed by atoms with E-state index >= 15 is 0 Å². The fourth-order valence-electron chi connectivity index (χ4n) is 7.81. The molecule has 0 radical (unpaired) electrons. The smallest absolute Gasteiger partial charge is 0.302 e. The quantitative estimate of drug-likeness (QED) is 0.561. The number of ether oxygens (including phenoxy) is 1. The van der Waals surface area contributed by atoms with E-state index in [0.717, 1.165) is 38.0 Å². The van der Waals surface area contributed by atoms with Crippen LogP contribution in [0, 0.1) is 46.8 Å². The molecule has 1 N–H and O–H groups in total. The molecule has 0 aromatic heterocycles. The molecule has 0 aromatic carbocycles. The Bertz CT molecular complexity index is 636. The second-order valence-corrected chi connectivity index (χ2v) is 10.2. The fraction of sp³-hybridized carbons (Fsp3) is 0.870. The van der Waals surface area contributed by atoms with Gasteiger partial charge < -0.3 is 9.84 Å². The van der Waals surface area contributed by atoms with Gasteiger partial charge in [0.05, 0.1) is 0 Å². The first-order chi connectivity index (χ1) is 12.2. The normalized spacial score (nSPS) is 53.0. The number of hydrogen-bond donors (Lipinski definition) is 1. The summed E-state index contributed by atoms with van der Waals surface area (Å²) in [6.07, 6.45) is 15.7. The summed E-state index contributed by atoms with van der Waals surface area (Å²) in [5, 5.41) is 11.1. The van der Waals surface area contributed by atoms with Crippen LogP contribution in [-0.4, -0.2) is 22.8 Å². The molecule has 0 aliphatic heterocycles. The minimum Gasteiger partial charge on any atom is -0.463 e. The van der Waals surface area contributed by atoms with Crippen LogP contribution in [0.4, 0.5) is 0 Å². The van der Waals surface area contributed by atoms with Crippen molar-refractivity contribution in [3.8, 4) is 12.3 Å². The molecular formula is C23H34O3. The van der Waals surface area contributed by atoms with E-state index in [0.29, 0.717) is 23.2 Å². The Hall–Kier alpha value is -1.01. The summed E-state index contributed by atoms with van der Waals surface area (Å²) in [5.41, 5.74) is -0.661. The van der Waals surface area contributed by atoms with Gasteiger partial charge in [-0.3, -0.25) is 4.79 Å². The topological polar surface area (TPSA) is 46.5 Å². The summed E-state index contributed by atoms with van der Waals surface area (Å²) in [4.78, 5) is 11.4. The molecule has 4 saturated carbocycles. The molecule has 26 heavy (non-hydrogen) atoms. The maximum absolute atomic E-state index is 11.4. The highest BCUT2D eigenvalue weighted by atomic mass is 16.5. The van der Waals surface area contributed by atoms with Crippen LogP contribution in [0.1, 0.15) is 78.6 Å². The number of terminal acetylenes is 1. The third-order valence-corrected chi connectivity index (χ3v) is 9.34.